The summed E-state index contributed by atoms with van der Waals surface area (Å²) in [5.41, 5.74) is 0.104. The van der Waals surface area contributed by atoms with E-state index >= 15 is 0 Å². The Morgan fingerprint density at radius 3 is 3.11 bits per heavy atom. The summed E-state index contributed by atoms with van der Waals surface area (Å²) in [6, 6.07) is 1.44. The van der Waals surface area contributed by atoms with Gasteiger partial charge in [0.1, 0.15) is 5.82 Å². The minimum atomic E-state index is -1.02. The lowest BCUT2D eigenvalue weighted by molar-refractivity contribution is 0.0525. The zero-order valence-corrected chi connectivity index (χ0v) is 11.6. The second-order valence-electron chi connectivity index (χ2n) is 4.50. The normalized spacial score (nSPS) is 19.5. The van der Waals surface area contributed by atoms with E-state index in [0.29, 0.717) is 17.4 Å². The van der Waals surface area contributed by atoms with Crippen LogP contribution in [-0.2, 0) is 4.74 Å². The molecule has 2 heterocycles. The maximum atomic E-state index is 10.8. The molecule has 0 radical (unpaired) electrons. The number of aromatic nitrogens is 1. The highest BCUT2D eigenvalue weighted by Gasteiger charge is 2.23. The lowest BCUT2D eigenvalue weighted by atomic mass is 10.1. The molecule has 1 saturated heterocycles. The Morgan fingerprint density at radius 1 is 1.68 bits per heavy atom. The minimum absolute atomic E-state index is 0.104. The van der Waals surface area contributed by atoms with Gasteiger partial charge in [-0.25, -0.2) is 9.78 Å². The highest BCUT2D eigenvalue weighted by Crippen LogP contribution is 2.27. The zero-order chi connectivity index (χ0) is 13.8. The third-order valence-electron chi connectivity index (χ3n) is 3.15. The first kappa shape index (κ1) is 14.1. The number of carbonyl (C=O) groups is 1. The van der Waals surface area contributed by atoms with Crippen LogP contribution < -0.4 is 4.90 Å². The fourth-order valence-electron chi connectivity index (χ4n) is 2.28. The highest BCUT2D eigenvalue weighted by molar-refractivity contribution is 6.33. The molecule has 1 aromatic rings. The molecule has 2 rings (SSSR count). The summed E-state index contributed by atoms with van der Waals surface area (Å²) in [4.78, 5) is 17.1. The molecule has 1 aromatic heterocycles. The number of aromatic carboxylic acids is 1. The van der Waals surface area contributed by atoms with E-state index in [2.05, 4.69) is 9.88 Å². The van der Waals surface area contributed by atoms with Crippen molar-refractivity contribution in [2.45, 2.75) is 25.9 Å². The zero-order valence-electron chi connectivity index (χ0n) is 10.8. The summed E-state index contributed by atoms with van der Waals surface area (Å²) >= 11 is 6.12. The Hall–Kier alpha value is -1.33. The van der Waals surface area contributed by atoms with Crippen LogP contribution in [-0.4, -0.2) is 41.9 Å². The van der Waals surface area contributed by atoms with Crippen LogP contribution >= 0.6 is 11.6 Å². The molecule has 0 aromatic carbocycles. The van der Waals surface area contributed by atoms with Crippen molar-refractivity contribution >= 4 is 23.4 Å². The van der Waals surface area contributed by atoms with E-state index in [1.54, 1.807) is 0 Å². The number of nitrogens with zero attached hydrogens (tertiary/aromatic N) is 2. The van der Waals surface area contributed by atoms with Gasteiger partial charge in [-0.3, -0.25) is 0 Å². The predicted octanol–water partition coefficient (Wildman–Crippen LogP) is 2.44. The van der Waals surface area contributed by atoms with Gasteiger partial charge >= 0.3 is 5.97 Å². The van der Waals surface area contributed by atoms with E-state index in [4.69, 9.17) is 21.4 Å². The molecule has 1 fully saturated rings. The minimum Gasteiger partial charge on any atom is -0.478 e. The van der Waals surface area contributed by atoms with Gasteiger partial charge in [-0.15, -0.1) is 0 Å². The van der Waals surface area contributed by atoms with Crippen LogP contribution in [0.15, 0.2) is 12.3 Å². The summed E-state index contributed by atoms with van der Waals surface area (Å²) in [5, 5.41) is 9.26. The Labute approximate surface area is 117 Å². The first-order chi connectivity index (χ1) is 9.11. The lowest BCUT2D eigenvalue weighted by Crippen LogP contribution is -2.40. The summed E-state index contributed by atoms with van der Waals surface area (Å²) in [6.07, 6.45) is 3.59. The molecule has 1 N–H and O–H groups in total. The number of carboxylic acid groups (broad SMARTS) is 1. The Balaban J connectivity index is 2.15. The first-order valence-corrected chi connectivity index (χ1v) is 6.75. The number of hydrogen-bond acceptors (Lipinski definition) is 4. The molecular weight excluding hydrogens is 268 g/mol. The van der Waals surface area contributed by atoms with Gasteiger partial charge in [-0.1, -0.05) is 11.6 Å². The third kappa shape index (κ3) is 3.36. The summed E-state index contributed by atoms with van der Waals surface area (Å²) < 4.78 is 5.63. The number of pyridine rings is 1. The van der Waals surface area contributed by atoms with Crippen molar-refractivity contribution in [3.63, 3.8) is 0 Å². The fourth-order valence-corrected chi connectivity index (χ4v) is 2.57. The monoisotopic (exact) mass is 284 g/mol. The van der Waals surface area contributed by atoms with E-state index in [1.165, 1.54) is 12.3 Å². The number of ether oxygens (including phenoxy) is 1. The molecule has 19 heavy (non-hydrogen) atoms. The van der Waals surface area contributed by atoms with Gasteiger partial charge in [0.15, 0.2) is 0 Å². The molecule has 0 saturated carbocycles. The third-order valence-corrected chi connectivity index (χ3v) is 3.43. The Morgan fingerprint density at radius 2 is 2.47 bits per heavy atom. The molecule has 1 aliphatic heterocycles. The van der Waals surface area contributed by atoms with Crippen molar-refractivity contribution in [1.82, 2.24) is 4.98 Å². The van der Waals surface area contributed by atoms with Crippen LogP contribution in [0.4, 0.5) is 5.82 Å². The predicted molar refractivity (Wildman–Crippen MR) is 73.1 cm³/mol. The molecule has 1 unspecified atom stereocenters. The SMILES string of the molecule is CCOC1CCCN(c2ncc(C(=O)O)cc2Cl)C1. The van der Waals surface area contributed by atoms with Crippen LogP contribution in [0, 0.1) is 0 Å². The first-order valence-electron chi connectivity index (χ1n) is 6.37. The van der Waals surface area contributed by atoms with Gasteiger partial charge in [0.05, 0.1) is 16.7 Å². The average molecular weight is 285 g/mol. The number of halogens is 1. The lowest BCUT2D eigenvalue weighted by Gasteiger charge is -2.33. The summed E-state index contributed by atoms with van der Waals surface area (Å²) in [5.74, 6) is -0.386. The molecule has 1 aliphatic rings. The number of carboxylic acids is 1. The van der Waals surface area contributed by atoms with E-state index in [9.17, 15) is 4.79 Å². The van der Waals surface area contributed by atoms with Gasteiger partial charge in [-0.2, -0.15) is 0 Å². The van der Waals surface area contributed by atoms with E-state index < -0.39 is 5.97 Å². The van der Waals surface area contributed by atoms with Crippen molar-refractivity contribution in [2.75, 3.05) is 24.6 Å². The largest absolute Gasteiger partial charge is 0.478 e. The molecule has 0 aliphatic carbocycles. The van der Waals surface area contributed by atoms with E-state index in [1.807, 2.05) is 6.92 Å². The fraction of sp³-hybridized carbons (Fsp3) is 0.538. The van der Waals surface area contributed by atoms with Crippen molar-refractivity contribution in [3.05, 3.63) is 22.8 Å². The Kier molecular flexibility index (Phi) is 4.61. The molecule has 6 heteroatoms. The van der Waals surface area contributed by atoms with Gasteiger partial charge in [-0.05, 0) is 25.8 Å². The van der Waals surface area contributed by atoms with Crippen LogP contribution in [0.3, 0.4) is 0 Å². The number of piperidine rings is 1. The molecule has 0 bridgehead atoms. The quantitative estimate of drug-likeness (QED) is 0.920. The molecule has 104 valence electrons. The number of hydrogen-bond donors (Lipinski definition) is 1. The van der Waals surface area contributed by atoms with Gasteiger partial charge in [0.25, 0.3) is 0 Å². The van der Waals surface area contributed by atoms with Crippen LogP contribution in [0.5, 0.6) is 0 Å². The van der Waals surface area contributed by atoms with Crippen molar-refractivity contribution in [1.29, 1.82) is 0 Å². The smallest absolute Gasteiger partial charge is 0.337 e. The average Bonchev–Trinajstić information content (AvgIpc) is 2.39. The number of anilines is 1. The number of rotatable bonds is 4. The Bertz CT molecular complexity index is 465. The van der Waals surface area contributed by atoms with Crippen LogP contribution in [0.25, 0.3) is 0 Å². The highest BCUT2D eigenvalue weighted by atomic mass is 35.5. The standard InChI is InChI=1S/C13H17ClN2O3/c1-2-19-10-4-3-5-16(8-10)12-11(14)6-9(7-15-12)13(17)18/h6-7,10H,2-5,8H2,1H3,(H,17,18). The topological polar surface area (TPSA) is 62.7 Å². The van der Waals surface area contributed by atoms with Gasteiger partial charge in [0.2, 0.25) is 0 Å². The van der Waals surface area contributed by atoms with E-state index in [-0.39, 0.29) is 11.7 Å². The van der Waals surface area contributed by atoms with Crippen LogP contribution in [0.1, 0.15) is 30.1 Å². The second kappa shape index (κ2) is 6.21. The summed E-state index contributed by atoms with van der Waals surface area (Å²) in [7, 11) is 0. The van der Waals surface area contributed by atoms with Gasteiger partial charge < -0.3 is 14.7 Å². The maximum Gasteiger partial charge on any atom is 0.337 e. The van der Waals surface area contributed by atoms with Crippen molar-refractivity contribution < 1.29 is 14.6 Å². The molecule has 0 amide bonds. The molecule has 5 nitrogen and oxygen atoms in total. The maximum absolute atomic E-state index is 10.8. The van der Waals surface area contributed by atoms with Crippen molar-refractivity contribution in [3.8, 4) is 0 Å². The second-order valence-corrected chi connectivity index (χ2v) is 4.91. The molecular formula is C13H17ClN2O3. The molecule has 0 spiro atoms. The van der Waals surface area contributed by atoms with Crippen LogP contribution in [0.2, 0.25) is 5.02 Å². The molecule has 1 atom stereocenters. The summed E-state index contributed by atoms with van der Waals surface area (Å²) in [6.45, 7) is 4.28. The van der Waals surface area contributed by atoms with E-state index in [0.717, 1.165) is 25.9 Å². The van der Waals surface area contributed by atoms with Gasteiger partial charge in [0, 0.05) is 25.9 Å². The van der Waals surface area contributed by atoms with Crippen molar-refractivity contribution in [2.24, 2.45) is 0 Å².